The third-order valence-electron chi connectivity index (χ3n) is 3.39. The molecule has 4 heteroatoms. The van der Waals surface area contributed by atoms with Crippen molar-refractivity contribution in [1.82, 2.24) is 0 Å². The van der Waals surface area contributed by atoms with Crippen molar-refractivity contribution in [2.45, 2.75) is 11.2 Å². The van der Waals surface area contributed by atoms with E-state index in [0.717, 1.165) is 21.3 Å². The Hall–Kier alpha value is -1.00. The van der Waals surface area contributed by atoms with E-state index in [1.807, 2.05) is 24.3 Å². The fraction of sp³-hybridized carbons (Fsp3) is 0.250. The Morgan fingerprint density at radius 3 is 2.85 bits per heavy atom. The van der Waals surface area contributed by atoms with Gasteiger partial charge >= 0.3 is 0 Å². The molecular formula is C16H14Br2O2. The first-order chi connectivity index (χ1) is 9.78. The number of ether oxygens (including phenoxy) is 2. The molecule has 0 aromatic heterocycles. The highest BCUT2D eigenvalue weighted by molar-refractivity contribution is 9.10. The molecule has 2 aromatic carbocycles. The average molecular weight is 398 g/mol. The summed E-state index contributed by atoms with van der Waals surface area (Å²) in [6, 6.07) is 14.3. The number of fused-ring (bicyclic) bond motifs is 1. The largest absolute Gasteiger partial charge is 0.493 e. The number of hydrogen-bond donors (Lipinski definition) is 0. The van der Waals surface area contributed by atoms with Crippen LogP contribution in [0.1, 0.15) is 17.0 Å². The Balaban J connectivity index is 1.69. The molecule has 20 heavy (non-hydrogen) atoms. The van der Waals surface area contributed by atoms with Crippen molar-refractivity contribution < 1.29 is 9.47 Å². The summed E-state index contributed by atoms with van der Waals surface area (Å²) in [5.74, 6) is 2.16. The van der Waals surface area contributed by atoms with Crippen molar-refractivity contribution in [2.24, 2.45) is 0 Å². The molecule has 0 radical (unpaired) electrons. The standard InChI is InChI=1S/C16H14Br2O2/c17-8-11-5-6-16(14(18)7-11)20-10-12-9-19-15-4-2-1-3-13(12)15/h1-7,12H,8-10H2. The fourth-order valence-electron chi connectivity index (χ4n) is 2.30. The average Bonchev–Trinajstić information content (AvgIpc) is 2.89. The maximum absolute atomic E-state index is 5.93. The molecule has 0 aliphatic carbocycles. The van der Waals surface area contributed by atoms with Crippen LogP contribution in [0.5, 0.6) is 11.5 Å². The number of alkyl halides is 1. The van der Waals surface area contributed by atoms with Crippen LogP contribution in [0.2, 0.25) is 0 Å². The van der Waals surface area contributed by atoms with Crippen molar-refractivity contribution in [1.29, 1.82) is 0 Å². The van der Waals surface area contributed by atoms with E-state index >= 15 is 0 Å². The van der Waals surface area contributed by atoms with E-state index in [1.165, 1.54) is 11.1 Å². The Morgan fingerprint density at radius 2 is 2.05 bits per heavy atom. The maximum Gasteiger partial charge on any atom is 0.133 e. The summed E-state index contributed by atoms with van der Waals surface area (Å²) < 4.78 is 12.6. The quantitative estimate of drug-likeness (QED) is 0.683. The molecule has 1 aliphatic heterocycles. The number of rotatable bonds is 4. The van der Waals surface area contributed by atoms with Crippen molar-refractivity contribution in [2.75, 3.05) is 13.2 Å². The van der Waals surface area contributed by atoms with Crippen molar-refractivity contribution >= 4 is 31.9 Å². The highest BCUT2D eigenvalue weighted by atomic mass is 79.9. The van der Waals surface area contributed by atoms with Gasteiger partial charge in [0.25, 0.3) is 0 Å². The Bertz CT molecular complexity index is 613. The van der Waals surface area contributed by atoms with Gasteiger partial charge < -0.3 is 9.47 Å². The molecule has 1 aliphatic rings. The SMILES string of the molecule is BrCc1ccc(OCC2COc3ccccc32)c(Br)c1. The van der Waals surface area contributed by atoms with Gasteiger partial charge in [-0.25, -0.2) is 0 Å². The van der Waals surface area contributed by atoms with Crippen LogP contribution in [-0.2, 0) is 5.33 Å². The van der Waals surface area contributed by atoms with Crippen LogP contribution in [0.25, 0.3) is 0 Å². The van der Waals surface area contributed by atoms with Gasteiger partial charge in [0.15, 0.2) is 0 Å². The molecule has 1 atom stereocenters. The number of para-hydroxylation sites is 1. The minimum Gasteiger partial charge on any atom is -0.493 e. The van der Waals surface area contributed by atoms with Crippen LogP contribution in [0.15, 0.2) is 46.9 Å². The highest BCUT2D eigenvalue weighted by Gasteiger charge is 2.24. The second-order valence-electron chi connectivity index (χ2n) is 4.76. The number of benzene rings is 2. The zero-order valence-corrected chi connectivity index (χ0v) is 14.0. The fourth-order valence-corrected chi connectivity index (χ4v) is 3.19. The molecule has 0 amide bonds. The van der Waals surface area contributed by atoms with E-state index in [0.29, 0.717) is 19.1 Å². The molecule has 104 valence electrons. The summed E-state index contributed by atoms with van der Waals surface area (Å²) in [5, 5.41) is 0.843. The number of halogens is 2. The summed E-state index contributed by atoms with van der Waals surface area (Å²) in [6.07, 6.45) is 0. The van der Waals surface area contributed by atoms with Crippen LogP contribution in [0.4, 0.5) is 0 Å². The summed E-state index contributed by atoms with van der Waals surface area (Å²) in [5.41, 5.74) is 2.46. The topological polar surface area (TPSA) is 18.5 Å². The van der Waals surface area contributed by atoms with E-state index in [2.05, 4.69) is 50.1 Å². The lowest BCUT2D eigenvalue weighted by atomic mass is 10.0. The maximum atomic E-state index is 5.93. The van der Waals surface area contributed by atoms with E-state index < -0.39 is 0 Å². The van der Waals surface area contributed by atoms with Gasteiger partial charge in [-0.1, -0.05) is 40.2 Å². The first kappa shape index (κ1) is 14.0. The van der Waals surface area contributed by atoms with Gasteiger partial charge in [-0.05, 0) is 39.7 Å². The van der Waals surface area contributed by atoms with Crippen molar-refractivity contribution in [3.05, 3.63) is 58.1 Å². The van der Waals surface area contributed by atoms with E-state index in [9.17, 15) is 0 Å². The second kappa shape index (κ2) is 6.19. The predicted octanol–water partition coefficient (Wildman–Crippen LogP) is 4.90. The molecule has 0 saturated heterocycles. The van der Waals surface area contributed by atoms with Gasteiger partial charge in [0, 0.05) is 10.9 Å². The third kappa shape index (κ3) is 2.86. The highest BCUT2D eigenvalue weighted by Crippen LogP contribution is 2.34. The van der Waals surface area contributed by atoms with Gasteiger partial charge in [-0.15, -0.1) is 0 Å². The summed E-state index contributed by atoms with van der Waals surface area (Å²) in [6.45, 7) is 1.32. The van der Waals surface area contributed by atoms with Crippen molar-refractivity contribution in [3.63, 3.8) is 0 Å². The van der Waals surface area contributed by atoms with Crippen LogP contribution in [0, 0.1) is 0 Å². The molecule has 2 aromatic rings. The zero-order valence-electron chi connectivity index (χ0n) is 10.8. The Morgan fingerprint density at radius 1 is 1.20 bits per heavy atom. The molecule has 3 rings (SSSR count). The minimum atomic E-state index is 0.300. The lowest BCUT2D eigenvalue weighted by molar-refractivity contribution is 0.247. The van der Waals surface area contributed by atoms with Gasteiger partial charge in [-0.2, -0.15) is 0 Å². The molecule has 1 heterocycles. The van der Waals surface area contributed by atoms with Gasteiger partial charge in [0.2, 0.25) is 0 Å². The van der Waals surface area contributed by atoms with E-state index in [-0.39, 0.29) is 0 Å². The van der Waals surface area contributed by atoms with Gasteiger partial charge in [-0.3, -0.25) is 0 Å². The molecule has 0 N–H and O–H groups in total. The number of hydrogen-bond acceptors (Lipinski definition) is 2. The van der Waals surface area contributed by atoms with Crippen LogP contribution in [-0.4, -0.2) is 13.2 Å². The molecule has 0 bridgehead atoms. The monoisotopic (exact) mass is 396 g/mol. The van der Waals surface area contributed by atoms with Crippen LogP contribution in [0.3, 0.4) is 0 Å². The molecule has 0 saturated carbocycles. The lowest BCUT2D eigenvalue weighted by Crippen LogP contribution is -2.11. The molecule has 1 unspecified atom stereocenters. The Labute approximate surface area is 135 Å². The van der Waals surface area contributed by atoms with Crippen LogP contribution < -0.4 is 9.47 Å². The third-order valence-corrected chi connectivity index (χ3v) is 4.66. The molecular weight excluding hydrogens is 384 g/mol. The predicted molar refractivity (Wildman–Crippen MR) is 86.9 cm³/mol. The lowest BCUT2D eigenvalue weighted by Gasteiger charge is -2.13. The van der Waals surface area contributed by atoms with Gasteiger partial charge in [0.1, 0.15) is 11.5 Å². The molecule has 0 fully saturated rings. The smallest absolute Gasteiger partial charge is 0.133 e. The van der Waals surface area contributed by atoms with E-state index in [1.54, 1.807) is 0 Å². The molecule has 2 nitrogen and oxygen atoms in total. The minimum absolute atomic E-state index is 0.300. The first-order valence-electron chi connectivity index (χ1n) is 6.47. The van der Waals surface area contributed by atoms with Gasteiger partial charge in [0.05, 0.1) is 23.6 Å². The van der Waals surface area contributed by atoms with Crippen LogP contribution >= 0.6 is 31.9 Å². The van der Waals surface area contributed by atoms with Crippen molar-refractivity contribution in [3.8, 4) is 11.5 Å². The first-order valence-corrected chi connectivity index (χ1v) is 8.38. The second-order valence-corrected chi connectivity index (χ2v) is 6.17. The Kier molecular flexibility index (Phi) is 4.32. The summed E-state index contributed by atoms with van der Waals surface area (Å²) in [7, 11) is 0. The zero-order chi connectivity index (χ0) is 13.9. The molecule has 0 spiro atoms. The van der Waals surface area contributed by atoms with E-state index in [4.69, 9.17) is 9.47 Å². The summed E-state index contributed by atoms with van der Waals surface area (Å²) in [4.78, 5) is 0. The summed E-state index contributed by atoms with van der Waals surface area (Å²) >= 11 is 7.00. The normalized spacial score (nSPS) is 16.6.